The Bertz CT molecular complexity index is 792. The minimum absolute atomic E-state index is 0.355. The fraction of sp³-hybridized carbons (Fsp3) is 0. The van der Waals surface area contributed by atoms with Gasteiger partial charge in [-0.05, 0) is 36.4 Å². The summed E-state index contributed by atoms with van der Waals surface area (Å²) in [5.41, 5.74) is 1.70. The summed E-state index contributed by atoms with van der Waals surface area (Å²) < 4.78 is 5.05. The summed E-state index contributed by atoms with van der Waals surface area (Å²) in [5.74, 6) is 0. The van der Waals surface area contributed by atoms with Gasteiger partial charge in [-0.1, -0.05) is 18.2 Å². The van der Waals surface area contributed by atoms with Crippen LogP contribution < -0.4 is 5.63 Å². The molecule has 0 fully saturated rings. The average molecular weight is 250 g/mol. The Morgan fingerprint density at radius 2 is 1.58 bits per heavy atom. The van der Waals surface area contributed by atoms with E-state index < -0.39 is 0 Å². The SMILES string of the molecule is O=c1ccc2cc(/N=N/c3ccccc3)ccc2o1. The van der Waals surface area contributed by atoms with Crippen LogP contribution in [0, 0.1) is 0 Å². The van der Waals surface area contributed by atoms with Crippen molar-refractivity contribution in [3.63, 3.8) is 0 Å². The predicted octanol–water partition coefficient (Wildman–Crippen LogP) is 4.21. The Morgan fingerprint density at radius 3 is 2.42 bits per heavy atom. The van der Waals surface area contributed by atoms with Gasteiger partial charge in [0.05, 0.1) is 11.4 Å². The van der Waals surface area contributed by atoms with Gasteiger partial charge in [0, 0.05) is 11.5 Å². The van der Waals surface area contributed by atoms with E-state index in [9.17, 15) is 4.79 Å². The minimum Gasteiger partial charge on any atom is -0.423 e. The van der Waals surface area contributed by atoms with Crippen LogP contribution in [0.15, 0.2) is 80.1 Å². The molecule has 1 aromatic heterocycles. The molecule has 19 heavy (non-hydrogen) atoms. The zero-order valence-corrected chi connectivity index (χ0v) is 9.98. The van der Waals surface area contributed by atoms with E-state index in [0.29, 0.717) is 11.3 Å². The third-order valence-electron chi connectivity index (χ3n) is 2.64. The van der Waals surface area contributed by atoms with Gasteiger partial charge in [0.1, 0.15) is 5.58 Å². The third kappa shape index (κ3) is 2.57. The van der Waals surface area contributed by atoms with Gasteiger partial charge in [-0.2, -0.15) is 10.2 Å². The molecule has 92 valence electrons. The highest BCUT2D eigenvalue weighted by Crippen LogP contribution is 2.22. The van der Waals surface area contributed by atoms with E-state index in [2.05, 4.69) is 10.2 Å². The van der Waals surface area contributed by atoms with Gasteiger partial charge < -0.3 is 4.42 Å². The second kappa shape index (κ2) is 4.86. The lowest BCUT2D eigenvalue weighted by atomic mass is 10.2. The van der Waals surface area contributed by atoms with Crippen molar-refractivity contribution < 1.29 is 4.42 Å². The van der Waals surface area contributed by atoms with Gasteiger partial charge in [0.25, 0.3) is 0 Å². The number of azo groups is 1. The summed E-state index contributed by atoms with van der Waals surface area (Å²) in [5, 5.41) is 9.11. The maximum absolute atomic E-state index is 11.1. The first-order valence-electron chi connectivity index (χ1n) is 5.82. The molecule has 0 unspecified atom stereocenters. The molecular formula is C15H10N2O2. The third-order valence-corrected chi connectivity index (χ3v) is 2.64. The molecule has 0 aliphatic rings. The monoisotopic (exact) mass is 250 g/mol. The van der Waals surface area contributed by atoms with Crippen molar-refractivity contribution in [1.82, 2.24) is 0 Å². The van der Waals surface area contributed by atoms with E-state index in [1.165, 1.54) is 6.07 Å². The summed E-state index contributed by atoms with van der Waals surface area (Å²) in [4.78, 5) is 11.1. The molecule has 0 radical (unpaired) electrons. The molecule has 0 saturated heterocycles. The van der Waals surface area contributed by atoms with E-state index in [1.54, 1.807) is 18.2 Å². The molecule has 0 amide bonds. The highest BCUT2D eigenvalue weighted by molar-refractivity contribution is 5.79. The van der Waals surface area contributed by atoms with Crippen molar-refractivity contribution in [2.45, 2.75) is 0 Å². The molecule has 4 nitrogen and oxygen atoms in total. The summed E-state index contributed by atoms with van der Waals surface area (Å²) in [6.07, 6.45) is 0. The second-order valence-corrected chi connectivity index (χ2v) is 4.01. The Morgan fingerprint density at radius 1 is 0.789 bits per heavy atom. The molecular weight excluding hydrogens is 240 g/mol. The van der Waals surface area contributed by atoms with Gasteiger partial charge in [-0.3, -0.25) is 0 Å². The molecule has 3 rings (SSSR count). The second-order valence-electron chi connectivity index (χ2n) is 4.01. The molecule has 1 heterocycles. The van der Waals surface area contributed by atoms with Crippen LogP contribution in [0.25, 0.3) is 11.0 Å². The maximum atomic E-state index is 11.1. The zero-order chi connectivity index (χ0) is 13.1. The first-order chi connectivity index (χ1) is 9.31. The van der Waals surface area contributed by atoms with Crippen LogP contribution in [0.1, 0.15) is 0 Å². The lowest BCUT2D eigenvalue weighted by Gasteiger charge is -1.97. The van der Waals surface area contributed by atoms with Gasteiger partial charge in [-0.15, -0.1) is 0 Å². The van der Waals surface area contributed by atoms with Gasteiger partial charge >= 0.3 is 5.63 Å². The van der Waals surface area contributed by atoms with Crippen molar-refractivity contribution in [3.05, 3.63) is 71.1 Å². The van der Waals surface area contributed by atoms with Crippen LogP contribution in [0.2, 0.25) is 0 Å². The number of rotatable bonds is 2. The molecule has 0 aliphatic heterocycles. The molecule has 0 N–H and O–H groups in total. The number of benzene rings is 2. The molecule has 2 aromatic carbocycles. The van der Waals surface area contributed by atoms with Gasteiger partial charge in [0.15, 0.2) is 0 Å². The van der Waals surface area contributed by atoms with Gasteiger partial charge in [-0.25, -0.2) is 4.79 Å². The fourth-order valence-corrected chi connectivity index (χ4v) is 1.73. The Hall–Kier alpha value is -2.75. The Balaban J connectivity index is 1.96. The Labute approximate surface area is 109 Å². The first kappa shape index (κ1) is 11.3. The van der Waals surface area contributed by atoms with Crippen LogP contribution in [0.4, 0.5) is 11.4 Å². The van der Waals surface area contributed by atoms with Crippen molar-refractivity contribution in [3.8, 4) is 0 Å². The van der Waals surface area contributed by atoms with Crippen molar-refractivity contribution in [2.24, 2.45) is 10.2 Å². The van der Waals surface area contributed by atoms with E-state index in [-0.39, 0.29) is 5.63 Å². The zero-order valence-electron chi connectivity index (χ0n) is 9.98. The van der Waals surface area contributed by atoms with E-state index in [0.717, 1.165) is 11.1 Å². The molecule has 3 aromatic rings. The topological polar surface area (TPSA) is 54.9 Å². The normalized spacial score (nSPS) is 11.2. The smallest absolute Gasteiger partial charge is 0.336 e. The van der Waals surface area contributed by atoms with Crippen molar-refractivity contribution >= 4 is 22.3 Å². The minimum atomic E-state index is -0.355. The summed E-state index contributed by atoms with van der Waals surface area (Å²) in [6, 6.07) is 17.9. The Kier molecular flexibility index (Phi) is 2.90. The summed E-state index contributed by atoms with van der Waals surface area (Å²) in [7, 11) is 0. The molecule has 0 bridgehead atoms. The van der Waals surface area contributed by atoms with Crippen LogP contribution >= 0.6 is 0 Å². The molecule has 0 atom stereocenters. The first-order valence-corrected chi connectivity index (χ1v) is 5.82. The molecule has 0 spiro atoms. The van der Waals surface area contributed by atoms with E-state index in [1.807, 2.05) is 36.4 Å². The summed E-state index contributed by atoms with van der Waals surface area (Å²) >= 11 is 0. The number of fused-ring (bicyclic) bond motifs is 1. The standard InChI is InChI=1S/C15H10N2O2/c18-15-9-6-11-10-13(7-8-14(11)19-15)17-16-12-4-2-1-3-5-12/h1-10H/b17-16+. The lowest BCUT2D eigenvalue weighted by Crippen LogP contribution is -1.93. The molecule has 4 heteroatoms. The van der Waals surface area contributed by atoms with Crippen molar-refractivity contribution in [2.75, 3.05) is 0 Å². The van der Waals surface area contributed by atoms with Crippen molar-refractivity contribution in [1.29, 1.82) is 0 Å². The number of hydrogen-bond acceptors (Lipinski definition) is 4. The number of hydrogen-bond donors (Lipinski definition) is 0. The molecule has 0 aliphatic carbocycles. The van der Waals surface area contributed by atoms with Crippen LogP contribution in [0.5, 0.6) is 0 Å². The molecule has 0 saturated carbocycles. The lowest BCUT2D eigenvalue weighted by molar-refractivity contribution is 0.561. The van der Waals surface area contributed by atoms with E-state index >= 15 is 0 Å². The quantitative estimate of drug-likeness (QED) is 0.505. The predicted molar refractivity (Wildman–Crippen MR) is 73.1 cm³/mol. The number of nitrogens with zero attached hydrogens (tertiary/aromatic N) is 2. The highest BCUT2D eigenvalue weighted by Gasteiger charge is 1.98. The fourth-order valence-electron chi connectivity index (χ4n) is 1.73. The maximum Gasteiger partial charge on any atom is 0.336 e. The van der Waals surface area contributed by atoms with Crippen LogP contribution in [-0.4, -0.2) is 0 Å². The summed E-state index contributed by atoms with van der Waals surface area (Å²) in [6.45, 7) is 0. The van der Waals surface area contributed by atoms with Gasteiger partial charge in [0.2, 0.25) is 0 Å². The largest absolute Gasteiger partial charge is 0.423 e. The highest BCUT2D eigenvalue weighted by atomic mass is 16.4. The van der Waals surface area contributed by atoms with Crippen LogP contribution in [-0.2, 0) is 0 Å². The average Bonchev–Trinajstić information content (AvgIpc) is 2.46. The van der Waals surface area contributed by atoms with Crippen LogP contribution in [0.3, 0.4) is 0 Å². The van der Waals surface area contributed by atoms with E-state index in [4.69, 9.17) is 4.42 Å².